The Labute approximate surface area is 688 Å². The lowest BCUT2D eigenvalue weighted by atomic mass is 10.2. The van der Waals surface area contributed by atoms with E-state index in [0.717, 1.165) is 39.5 Å². The summed E-state index contributed by atoms with van der Waals surface area (Å²) in [6, 6.07) is 95.2. The maximum absolute atomic E-state index is 4.98. The minimum absolute atomic E-state index is 0. The lowest BCUT2D eigenvalue weighted by Crippen LogP contribution is -2.20. The van der Waals surface area contributed by atoms with E-state index in [1.165, 1.54) is 95.6 Å². The molecule has 0 N–H and O–H groups in total. The second-order valence-corrected chi connectivity index (χ2v) is 28.3. The number of ether oxygens (including phenoxy) is 3. The van der Waals surface area contributed by atoms with Gasteiger partial charge in [0.05, 0.1) is 21.3 Å². The number of benzene rings is 11. The first-order chi connectivity index (χ1) is 52.8. The molecular formula is C98H125O3P5S3. The molecule has 0 fully saturated rings. The van der Waals surface area contributed by atoms with Crippen LogP contribution in [-0.2, 0) is 35.4 Å². The van der Waals surface area contributed by atoms with Crippen LogP contribution in [0.5, 0.6) is 17.2 Å². The number of methoxy groups -OCH3 is 3. The fraction of sp³-hybridized carbons (Fsp3) is 0.204. The lowest BCUT2D eigenvalue weighted by molar-refractivity contribution is 0.414. The number of hydrogen-bond donors (Lipinski definition) is 0. The van der Waals surface area contributed by atoms with Crippen molar-refractivity contribution in [1.29, 1.82) is 0 Å². The summed E-state index contributed by atoms with van der Waals surface area (Å²) in [5.74, 6) is 2.71. The van der Waals surface area contributed by atoms with Gasteiger partial charge >= 0.3 is 0 Å². The molecule has 0 atom stereocenters. The van der Waals surface area contributed by atoms with E-state index in [0.29, 0.717) is 0 Å². The van der Waals surface area contributed by atoms with Crippen LogP contribution in [0, 0.1) is 48.5 Å². The number of allylic oxidation sites excluding steroid dienone is 1. The van der Waals surface area contributed by atoms with Crippen molar-refractivity contribution < 1.29 is 15.6 Å². The van der Waals surface area contributed by atoms with Gasteiger partial charge in [-0.1, -0.05) is 441 Å². The average Bonchev–Trinajstić information content (AvgIpc) is 0.811. The summed E-state index contributed by atoms with van der Waals surface area (Å²) in [6.45, 7) is 51.5. The van der Waals surface area contributed by atoms with Gasteiger partial charge in [0.15, 0.2) is 0 Å². The van der Waals surface area contributed by atoms with Gasteiger partial charge in [0, 0.05) is 1.43 Å². The fourth-order valence-electron chi connectivity index (χ4n) is 8.57. The molecule has 0 spiro atoms. The normalized spacial score (nSPS) is 8.94. The minimum atomic E-state index is -0.601. The topological polar surface area (TPSA) is 27.7 Å². The second-order valence-electron chi connectivity index (χ2n) is 23.9. The van der Waals surface area contributed by atoms with E-state index in [4.69, 9.17) is 14.2 Å². The van der Waals surface area contributed by atoms with Crippen molar-refractivity contribution in [3.8, 4) is 17.2 Å². The maximum atomic E-state index is 4.98. The van der Waals surface area contributed by atoms with E-state index >= 15 is 0 Å². The molecule has 11 aromatic carbocycles. The number of aryl methyl sites for hydroxylation is 7. The standard InChI is InChI=1S/C24H21P.C21H21P.C9H10O.2C8H10O.C8H10.C8H8.3C3H8.C3H6.3HPS.H2/c1-4-19-7-13-22(14-8-19)25(23-15-9-20(5-2)10-16-23)24-17-11-21(6-3)12-18-24;1-16-4-10-19(11-5-16)22(20-12-6-17(2)7-13-20)21-14-8-18(3)9-15-21;1-3-8-4-6-9(10-2)7-5-8;2*1-7-3-5-8(9-2)6-4-7;1-7-3-5-8(2)6-4-7;1-2-8-6-4-3-5-7-8;4*1-3-2;3*1-2;/h4-18H,1-3H2;4-15H,1-3H3;3-7H,1H2,2H3;2*3-6H,1-2H3;3-6H,1-2H3;2-7H,1H2;3*3H2,1-2H3;3H,1H2,2H3;3*1H;1H/i;;;;;;;;;;;;;;1+1. The SMILES string of the molecule is C=CC.C=Cc1ccc(OC)cc1.C=Cc1ccc(P(c2ccc(C=C)cc2)c2ccc(C=C)cc2)cc1.C=Cc1ccccc1.CCC.CCC.CCC.COc1ccc(C)cc1.COc1ccc(C)cc1.Cc1ccc(C)cc1.Cc1ccc(P(c2ccc(C)cc2)c2ccc(C)cc2)cc1.P=S.P=S.P=S.[2HH]. The first kappa shape index (κ1) is 105. The molecule has 0 bridgehead atoms. The molecule has 0 saturated heterocycles. The highest BCUT2D eigenvalue weighted by molar-refractivity contribution is 7.89. The van der Waals surface area contributed by atoms with Gasteiger partial charge in [-0.15, -0.1) is 6.58 Å². The summed E-state index contributed by atoms with van der Waals surface area (Å²) in [4.78, 5) is 0. The third kappa shape index (κ3) is 48.7. The van der Waals surface area contributed by atoms with E-state index in [2.05, 4.69) is 359 Å². The molecule has 11 aromatic rings. The first-order valence-electron chi connectivity index (χ1n) is 36.1. The summed E-state index contributed by atoms with van der Waals surface area (Å²) in [5.41, 5.74) is 14.8. The van der Waals surface area contributed by atoms with E-state index in [1.54, 1.807) is 33.5 Å². The molecule has 0 aliphatic carbocycles. The van der Waals surface area contributed by atoms with Gasteiger partial charge in [0.2, 0.25) is 0 Å². The van der Waals surface area contributed by atoms with Crippen LogP contribution in [0.15, 0.2) is 319 Å². The summed E-state index contributed by atoms with van der Waals surface area (Å²) in [6.07, 6.45) is 14.8. The van der Waals surface area contributed by atoms with Crippen molar-refractivity contribution >= 4 is 138 Å². The Kier molecular flexibility index (Phi) is 67.4. The largest absolute Gasteiger partial charge is 0.497 e. The van der Waals surface area contributed by atoms with Crippen molar-refractivity contribution in [2.24, 2.45) is 0 Å². The average molecular weight is 1600 g/mol. The quantitative estimate of drug-likeness (QED) is 0.0796. The van der Waals surface area contributed by atoms with Crippen molar-refractivity contribution in [3.63, 3.8) is 0 Å². The molecule has 578 valence electrons. The van der Waals surface area contributed by atoms with Gasteiger partial charge in [-0.25, -0.2) is 0 Å². The van der Waals surface area contributed by atoms with Gasteiger partial charge in [-0.2, -0.15) is 0 Å². The Morgan fingerprint density at radius 2 is 0.385 bits per heavy atom. The molecule has 11 rings (SSSR count). The number of rotatable bonds is 14. The molecule has 0 unspecified atom stereocenters. The van der Waals surface area contributed by atoms with Crippen molar-refractivity contribution in [2.75, 3.05) is 21.3 Å². The van der Waals surface area contributed by atoms with Crippen LogP contribution >= 0.6 is 39.9 Å². The van der Waals surface area contributed by atoms with E-state index < -0.39 is 15.8 Å². The van der Waals surface area contributed by atoms with Crippen LogP contribution < -0.4 is 46.0 Å². The molecule has 0 aromatic heterocycles. The summed E-state index contributed by atoms with van der Waals surface area (Å²) >= 11 is 11.7. The Morgan fingerprint density at radius 1 is 0.257 bits per heavy atom. The third-order valence-electron chi connectivity index (χ3n) is 14.2. The molecular weight excluding hydrogens is 1480 g/mol. The van der Waals surface area contributed by atoms with E-state index in [9.17, 15) is 0 Å². The smallest absolute Gasteiger partial charge is 0.118 e. The molecule has 0 saturated carbocycles. The maximum Gasteiger partial charge on any atom is 0.118 e. The predicted octanol–water partition coefficient (Wildman–Crippen LogP) is 28.2. The molecule has 0 heterocycles. The minimum Gasteiger partial charge on any atom is -0.497 e. The molecule has 3 nitrogen and oxygen atoms in total. The highest BCUT2D eigenvalue weighted by atomic mass is 32.4. The molecule has 109 heavy (non-hydrogen) atoms. The Hall–Kier alpha value is -8.32. The third-order valence-corrected chi connectivity index (χ3v) is 19.0. The fourth-order valence-corrected chi connectivity index (χ4v) is 13.0. The van der Waals surface area contributed by atoms with Crippen LogP contribution in [0.1, 0.15) is 136 Å². The van der Waals surface area contributed by atoms with Gasteiger partial charge in [0.25, 0.3) is 0 Å². The van der Waals surface area contributed by atoms with E-state index in [1.807, 2.05) is 134 Å². The highest BCUT2D eigenvalue weighted by Crippen LogP contribution is 2.35. The molecule has 0 aliphatic rings. The van der Waals surface area contributed by atoms with Crippen molar-refractivity contribution in [2.45, 2.75) is 116 Å². The Morgan fingerprint density at radius 3 is 0.541 bits per heavy atom. The Bertz CT molecular complexity index is 3740. The van der Waals surface area contributed by atoms with Gasteiger partial charge < -0.3 is 14.2 Å². The van der Waals surface area contributed by atoms with Gasteiger partial charge in [-0.05, 0) is 191 Å². The first-order valence-corrected chi connectivity index (χ1v) is 43.7. The summed E-state index contributed by atoms with van der Waals surface area (Å²) in [7, 11) is 11.6. The van der Waals surface area contributed by atoms with Crippen LogP contribution in [0.3, 0.4) is 0 Å². The number of hydrogen-bond acceptors (Lipinski definition) is 6. The highest BCUT2D eigenvalue weighted by Gasteiger charge is 2.18. The van der Waals surface area contributed by atoms with Crippen LogP contribution in [0.4, 0.5) is 0 Å². The lowest BCUT2D eigenvalue weighted by Gasteiger charge is -2.20. The van der Waals surface area contributed by atoms with Crippen LogP contribution in [-0.4, -0.2) is 21.3 Å². The molecule has 0 aliphatic heterocycles. The molecule has 0 radical (unpaired) electrons. The van der Waals surface area contributed by atoms with Crippen LogP contribution in [0.2, 0.25) is 0 Å². The second kappa shape index (κ2) is 70.1. The van der Waals surface area contributed by atoms with Gasteiger partial charge in [0.1, 0.15) is 17.2 Å². The summed E-state index contributed by atoms with van der Waals surface area (Å²) in [5, 5.41) is 8.23. The zero-order valence-electron chi connectivity index (χ0n) is 68.2. The summed E-state index contributed by atoms with van der Waals surface area (Å²) < 4.78 is 14.9. The van der Waals surface area contributed by atoms with Crippen LogP contribution in [0.25, 0.3) is 30.4 Å². The monoisotopic (exact) mass is 1600 g/mol. The predicted molar refractivity (Wildman–Crippen MR) is 519 cm³/mol. The van der Waals surface area contributed by atoms with Gasteiger partial charge in [-0.3, -0.25) is 0 Å². The van der Waals surface area contributed by atoms with Crippen molar-refractivity contribution in [3.05, 3.63) is 385 Å². The Balaban J connectivity index is -0.000000598. The molecule has 11 heteroatoms. The zero-order chi connectivity index (χ0) is 82.6. The zero-order valence-corrected chi connectivity index (χ0v) is 75.4. The van der Waals surface area contributed by atoms with E-state index in [-0.39, 0.29) is 1.43 Å². The molecule has 0 amide bonds. The van der Waals surface area contributed by atoms with Crippen molar-refractivity contribution in [1.82, 2.24) is 0 Å².